The smallest absolute Gasteiger partial charge is 0.0998 e. The fourth-order valence-electron chi connectivity index (χ4n) is 2.47. The summed E-state index contributed by atoms with van der Waals surface area (Å²) < 4.78 is 5.74. The largest absolute Gasteiger partial charge is 0.372 e. The normalized spacial score (nSPS) is 10.2. The molecule has 0 aliphatic heterocycles. The van der Waals surface area contributed by atoms with Gasteiger partial charge in [-0.25, -0.2) is 0 Å². The van der Waals surface area contributed by atoms with Crippen LogP contribution in [0.1, 0.15) is 16.7 Å². The molecule has 0 saturated carbocycles. The van der Waals surface area contributed by atoms with E-state index in [0.29, 0.717) is 18.8 Å². The quantitative estimate of drug-likeness (QED) is 0.668. The van der Waals surface area contributed by atoms with E-state index in [-0.39, 0.29) is 0 Å². The van der Waals surface area contributed by atoms with E-state index in [4.69, 9.17) is 4.74 Å². The van der Waals surface area contributed by atoms with Crippen LogP contribution in [0.4, 0.5) is 0 Å². The monoisotopic (exact) mass is 299 g/mol. The summed E-state index contributed by atoms with van der Waals surface area (Å²) in [5.74, 6) is 0. The van der Waals surface area contributed by atoms with Crippen molar-refractivity contribution in [3.8, 4) is 17.2 Å². The molecule has 23 heavy (non-hydrogen) atoms. The van der Waals surface area contributed by atoms with Crippen molar-refractivity contribution in [1.29, 1.82) is 5.26 Å². The number of hydrogen-bond donors (Lipinski definition) is 0. The Labute approximate surface area is 136 Å². The highest BCUT2D eigenvalue weighted by Gasteiger charge is 2.04. The van der Waals surface area contributed by atoms with Gasteiger partial charge in [0, 0.05) is 0 Å². The van der Waals surface area contributed by atoms with Crippen LogP contribution in [0.3, 0.4) is 0 Å². The second kappa shape index (κ2) is 7.40. The van der Waals surface area contributed by atoms with Crippen molar-refractivity contribution in [2.24, 2.45) is 0 Å². The molecule has 0 spiro atoms. The highest BCUT2D eigenvalue weighted by molar-refractivity contribution is 5.70. The van der Waals surface area contributed by atoms with E-state index in [0.717, 1.165) is 16.7 Å². The van der Waals surface area contributed by atoms with E-state index in [9.17, 15) is 5.26 Å². The van der Waals surface area contributed by atoms with E-state index in [1.165, 1.54) is 5.56 Å². The Balaban J connectivity index is 1.64. The molecule has 0 unspecified atom stereocenters. The van der Waals surface area contributed by atoms with E-state index in [1.54, 1.807) is 0 Å². The van der Waals surface area contributed by atoms with E-state index in [2.05, 4.69) is 30.3 Å². The zero-order chi connectivity index (χ0) is 15.9. The van der Waals surface area contributed by atoms with Crippen LogP contribution in [0.5, 0.6) is 0 Å². The van der Waals surface area contributed by atoms with Crippen LogP contribution >= 0.6 is 0 Å². The molecule has 0 saturated heterocycles. The van der Waals surface area contributed by atoms with Crippen molar-refractivity contribution in [3.63, 3.8) is 0 Å². The Bertz CT molecular complexity index is 801. The number of rotatable bonds is 5. The molecule has 0 N–H and O–H groups in total. The molecule has 3 aromatic rings. The minimum atomic E-state index is 0.578. The Morgan fingerprint density at radius 2 is 1.30 bits per heavy atom. The first-order valence-corrected chi connectivity index (χ1v) is 7.57. The molecule has 0 aliphatic rings. The summed E-state index contributed by atoms with van der Waals surface area (Å²) in [6.45, 7) is 1.19. The van der Waals surface area contributed by atoms with E-state index >= 15 is 0 Å². The number of nitriles is 1. The van der Waals surface area contributed by atoms with Gasteiger partial charge in [-0.1, -0.05) is 72.8 Å². The van der Waals surface area contributed by atoms with Crippen LogP contribution in [-0.4, -0.2) is 0 Å². The molecular weight excluding hydrogens is 282 g/mol. The van der Waals surface area contributed by atoms with Gasteiger partial charge in [0.15, 0.2) is 0 Å². The number of nitrogens with zero attached hydrogens (tertiary/aromatic N) is 1. The first-order chi connectivity index (χ1) is 11.4. The summed E-state index contributed by atoms with van der Waals surface area (Å²) in [5, 5.41) is 9.19. The van der Waals surface area contributed by atoms with Crippen molar-refractivity contribution in [2.75, 3.05) is 0 Å². The molecule has 2 heteroatoms. The Morgan fingerprint density at radius 3 is 2.00 bits per heavy atom. The molecule has 112 valence electrons. The lowest BCUT2D eigenvalue weighted by molar-refractivity contribution is 0.107. The fourth-order valence-corrected chi connectivity index (χ4v) is 2.47. The summed E-state index contributed by atoms with van der Waals surface area (Å²) >= 11 is 0. The predicted octanol–water partition coefficient (Wildman–Crippen LogP) is 4.94. The Morgan fingerprint density at radius 1 is 0.696 bits per heavy atom. The highest BCUT2D eigenvalue weighted by atomic mass is 16.5. The Hall–Kier alpha value is -2.89. The zero-order valence-electron chi connectivity index (χ0n) is 12.8. The van der Waals surface area contributed by atoms with Gasteiger partial charge < -0.3 is 4.74 Å². The van der Waals surface area contributed by atoms with Gasteiger partial charge in [0.05, 0.1) is 24.8 Å². The van der Waals surface area contributed by atoms with Gasteiger partial charge >= 0.3 is 0 Å². The number of hydrogen-bond acceptors (Lipinski definition) is 2. The van der Waals surface area contributed by atoms with Crippen LogP contribution in [0, 0.1) is 11.3 Å². The summed E-state index contributed by atoms with van der Waals surface area (Å²) in [7, 11) is 0. The molecule has 0 fully saturated rings. The average molecular weight is 299 g/mol. The fraction of sp³-hybridized carbons (Fsp3) is 0.0952. The molecule has 0 aromatic heterocycles. The second-order valence-electron chi connectivity index (χ2n) is 5.33. The van der Waals surface area contributed by atoms with Crippen molar-refractivity contribution in [1.82, 2.24) is 0 Å². The van der Waals surface area contributed by atoms with Gasteiger partial charge in [0.1, 0.15) is 0 Å². The molecule has 3 aromatic carbocycles. The minimum Gasteiger partial charge on any atom is -0.372 e. The summed E-state index contributed by atoms with van der Waals surface area (Å²) in [5.41, 5.74) is 5.01. The first kappa shape index (κ1) is 15.0. The third-order valence-electron chi connectivity index (χ3n) is 3.69. The second-order valence-corrected chi connectivity index (χ2v) is 5.33. The lowest BCUT2D eigenvalue weighted by atomic mass is 9.99. The SMILES string of the molecule is N#Cc1ccccc1-c1ccc(COCc2ccccc2)cc1. The van der Waals surface area contributed by atoms with E-state index in [1.807, 2.05) is 54.6 Å². The third-order valence-corrected chi connectivity index (χ3v) is 3.69. The van der Waals surface area contributed by atoms with E-state index < -0.39 is 0 Å². The zero-order valence-corrected chi connectivity index (χ0v) is 12.8. The summed E-state index contributed by atoms with van der Waals surface area (Å²) in [6.07, 6.45) is 0. The van der Waals surface area contributed by atoms with Crippen LogP contribution in [0.25, 0.3) is 11.1 Å². The molecule has 2 nitrogen and oxygen atoms in total. The van der Waals surface area contributed by atoms with Crippen LogP contribution in [-0.2, 0) is 18.0 Å². The Kier molecular flexibility index (Phi) is 4.83. The van der Waals surface area contributed by atoms with Gasteiger partial charge in [-0.05, 0) is 28.3 Å². The lowest BCUT2D eigenvalue weighted by Crippen LogP contribution is -1.94. The molecule has 3 rings (SSSR count). The third kappa shape index (κ3) is 3.85. The van der Waals surface area contributed by atoms with Crippen molar-refractivity contribution in [3.05, 3.63) is 95.6 Å². The maximum Gasteiger partial charge on any atom is 0.0998 e. The van der Waals surface area contributed by atoms with Crippen LogP contribution in [0.2, 0.25) is 0 Å². The van der Waals surface area contributed by atoms with Crippen LogP contribution in [0.15, 0.2) is 78.9 Å². The lowest BCUT2D eigenvalue weighted by Gasteiger charge is -2.07. The van der Waals surface area contributed by atoms with Crippen molar-refractivity contribution >= 4 is 0 Å². The maximum atomic E-state index is 9.19. The number of ether oxygens (including phenoxy) is 1. The summed E-state index contributed by atoms with van der Waals surface area (Å²) in [4.78, 5) is 0. The van der Waals surface area contributed by atoms with Gasteiger partial charge in [-0.15, -0.1) is 0 Å². The van der Waals surface area contributed by atoms with Gasteiger partial charge in [0.2, 0.25) is 0 Å². The maximum absolute atomic E-state index is 9.19. The molecule has 0 aliphatic carbocycles. The molecular formula is C21H17NO. The van der Waals surface area contributed by atoms with Gasteiger partial charge in [-0.3, -0.25) is 0 Å². The minimum absolute atomic E-state index is 0.578. The average Bonchev–Trinajstić information content (AvgIpc) is 2.63. The highest BCUT2D eigenvalue weighted by Crippen LogP contribution is 2.23. The van der Waals surface area contributed by atoms with Gasteiger partial charge in [-0.2, -0.15) is 5.26 Å². The number of benzene rings is 3. The predicted molar refractivity (Wildman–Crippen MR) is 91.5 cm³/mol. The van der Waals surface area contributed by atoms with Gasteiger partial charge in [0.25, 0.3) is 0 Å². The summed E-state index contributed by atoms with van der Waals surface area (Å²) in [6, 6.07) is 28.2. The van der Waals surface area contributed by atoms with Crippen LogP contribution < -0.4 is 0 Å². The standard InChI is InChI=1S/C21H17NO/c22-14-20-8-4-5-9-21(20)19-12-10-18(11-13-19)16-23-15-17-6-2-1-3-7-17/h1-13H,15-16H2. The van der Waals surface area contributed by atoms with Crippen molar-refractivity contribution in [2.45, 2.75) is 13.2 Å². The molecule has 0 radical (unpaired) electrons. The topological polar surface area (TPSA) is 33.0 Å². The first-order valence-electron chi connectivity index (χ1n) is 7.57. The molecule has 0 amide bonds. The molecule has 0 bridgehead atoms. The molecule has 0 heterocycles. The van der Waals surface area contributed by atoms with Crippen molar-refractivity contribution < 1.29 is 4.74 Å². The molecule has 0 atom stereocenters.